The van der Waals surface area contributed by atoms with Gasteiger partial charge in [0.15, 0.2) is 0 Å². The average molecular weight is 334 g/mol. The fourth-order valence-electron chi connectivity index (χ4n) is 3.08. The molecule has 0 aliphatic carbocycles. The van der Waals surface area contributed by atoms with Crippen molar-refractivity contribution < 1.29 is 9.90 Å². The van der Waals surface area contributed by atoms with Gasteiger partial charge in [0.2, 0.25) is 0 Å². The molecule has 134 valence electrons. The molecule has 0 spiro atoms. The number of aliphatic hydroxyl groups is 1. The quantitative estimate of drug-likeness (QED) is 0.679. The fourth-order valence-corrected chi connectivity index (χ4v) is 3.08. The highest BCUT2D eigenvalue weighted by atomic mass is 16.3. The van der Waals surface area contributed by atoms with Crippen molar-refractivity contribution in [3.63, 3.8) is 0 Å². The van der Waals surface area contributed by atoms with Gasteiger partial charge in [-0.05, 0) is 49.7 Å². The highest BCUT2D eigenvalue weighted by Gasteiger charge is 2.19. The van der Waals surface area contributed by atoms with Crippen LogP contribution in [0.15, 0.2) is 24.5 Å². The lowest BCUT2D eigenvalue weighted by molar-refractivity contribution is 0.232. The Labute approximate surface area is 144 Å². The zero-order valence-electron chi connectivity index (χ0n) is 14.6. The molecule has 0 radical (unpaired) electrons. The second-order valence-electron chi connectivity index (χ2n) is 6.68. The number of nitrogens with one attached hydrogen (secondary N) is 2. The Morgan fingerprint density at radius 2 is 2.04 bits per heavy atom. The summed E-state index contributed by atoms with van der Waals surface area (Å²) in [6.45, 7) is 5.66. The van der Waals surface area contributed by atoms with Crippen LogP contribution >= 0.6 is 0 Å². The van der Waals surface area contributed by atoms with Gasteiger partial charge in [0.25, 0.3) is 0 Å². The molecule has 1 atom stereocenters. The maximum atomic E-state index is 11.7. The molecule has 6 nitrogen and oxygen atoms in total. The summed E-state index contributed by atoms with van der Waals surface area (Å²) in [6.07, 6.45) is 7.76. The van der Waals surface area contributed by atoms with Crippen LogP contribution < -0.4 is 15.5 Å². The lowest BCUT2D eigenvalue weighted by atomic mass is 9.93. The molecule has 1 fully saturated rings. The zero-order chi connectivity index (χ0) is 17.2. The third-order valence-corrected chi connectivity index (χ3v) is 4.71. The minimum Gasteiger partial charge on any atom is -0.396 e. The van der Waals surface area contributed by atoms with Crippen LogP contribution in [0.3, 0.4) is 0 Å². The Kier molecular flexibility index (Phi) is 7.82. The second-order valence-corrected chi connectivity index (χ2v) is 6.68. The average Bonchev–Trinajstić information content (AvgIpc) is 2.62. The molecule has 24 heavy (non-hydrogen) atoms. The van der Waals surface area contributed by atoms with Crippen LogP contribution in [0.2, 0.25) is 0 Å². The van der Waals surface area contributed by atoms with Crippen LogP contribution in [0.4, 0.5) is 10.5 Å². The summed E-state index contributed by atoms with van der Waals surface area (Å²) in [4.78, 5) is 18.2. The van der Waals surface area contributed by atoms with Crippen molar-refractivity contribution in [1.82, 2.24) is 15.6 Å². The number of pyridine rings is 1. The van der Waals surface area contributed by atoms with Gasteiger partial charge < -0.3 is 20.6 Å². The van der Waals surface area contributed by atoms with Crippen molar-refractivity contribution in [1.29, 1.82) is 0 Å². The number of nitrogens with zero attached hydrogens (tertiary/aromatic N) is 2. The van der Waals surface area contributed by atoms with Crippen LogP contribution in [0.5, 0.6) is 0 Å². The first-order valence-corrected chi connectivity index (χ1v) is 8.96. The van der Waals surface area contributed by atoms with Gasteiger partial charge in [0.1, 0.15) is 0 Å². The fraction of sp³-hybridized carbons (Fsp3) is 0.667. The SMILES string of the molecule is CC(CCO)CNC(=O)NCCC1CCN(c2ccncc2)CC1. The molecule has 1 aromatic rings. The lowest BCUT2D eigenvalue weighted by Crippen LogP contribution is -2.39. The van der Waals surface area contributed by atoms with Crippen molar-refractivity contribution in [2.45, 2.75) is 32.6 Å². The largest absolute Gasteiger partial charge is 0.396 e. The van der Waals surface area contributed by atoms with Crippen molar-refractivity contribution >= 4 is 11.7 Å². The molecule has 1 aliphatic rings. The number of urea groups is 1. The van der Waals surface area contributed by atoms with E-state index in [2.05, 4.69) is 32.7 Å². The van der Waals surface area contributed by atoms with Crippen LogP contribution in [-0.4, -0.2) is 48.9 Å². The Hall–Kier alpha value is -1.82. The van der Waals surface area contributed by atoms with Crippen LogP contribution in [0.1, 0.15) is 32.6 Å². The standard InChI is InChI=1S/C18H30N4O2/c1-15(7-13-23)14-21-18(24)20-10-2-16-5-11-22(12-6-16)17-3-8-19-9-4-17/h3-4,8-9,15-16,23H,2,5-7,10-14H2,1H3,(H2,20,21,24). The van der Waals surface area contributed by atoms with E-state index >= 15 is 0 Å². The summed E-state index contributed by atoms with van der Waals surface area (Å²) in [7, 11) is 0. The Morgan fingerprint density at radius 1 is 1.33 bits per heavy atom. The first-order chi connectivity index (χ1) is 11.7. The van der Waals surface area contributed by atoms with Crippen molar-refractivity contribution in [2.24, 2.45) is 11.8 Å². The Bertz CT molecular complexity index is 475. The number of anilines is 1. The maximum Gasteiger partial charge on any atom is 0.314 e. The van der Waals surface area contributed by atoms with Gasteiger partial charge >= 0.3 is 6.03 Å². The highest BCUT2D eigenvalue weighted by molar-refractivity contribution is 5.73. The first kappa shape index (κ1) is 18.5. The monoisotopic (exact) mass is 334 g/mol. The number of rotatable bonds is 8. The van der Waals surface area contributed by atoms with E-state index in [1.165, 1.54) is 18.5 Å². The van der Waals surface area contributed by atoms with Crippen LogP contribution in [0, 0.1) is 11.8 Å². The summed E-state index contributed by atoms with van der Waals surface area (Å²) in [5, 5.41) is 14.6. The highest BCUT2D eigenvalue weighted by Crippen LogP contribution is 2.24. The number of carbonyl (C=O) groups is 1. The minimum atomic E-state index is -0.103. The molecule has 1 aliphatic heterocycles. The molecular formula is C18H30N4O2. The van der Waals surface area contributed by atoms with E-state index in [-0.39, 0.29) is 12.6 Å². The van der Waals surface area contributed by atoms with Gasteiger partial charge in [0.05, 0.1) is 0 Å². The summed E-state index contributed by atoms with van der Waals surface area (Å²) >= 11 is 0. The summed E-state index contributed by atoms with van der Waals surface area (Å²) in [6, 6.07) is 4.02. The van der Waals surface area contributed by atoms with E-state index in [0.717, 1.165) is 32.5 Å². The van der Waals surface area contributed by atoms with Gasteiger partial charge in [-0.2, -0.15) is 0 Å². The van der Waals surface area contributed by atoms with Gasteiger partial charge in [-0.1, -0.05) is 6.92 Å². The van der Waals surface area contributed by atoms with E-state index in [9.17, 15) is 4.79 Å². The molecule has 1 saturated heterocycles. The number of piperidine rings is 1. The Balaban J connectivity index is 1.57. The maximum absolute atomic E-state index is 11.7. The predicted octanol–water partition coefficient (Wildman–Crippen LogP) is 2.01. The number of hydrogen-bond acceptors (Lipinski definition) is 4. The third-order valence-electron chi connectivity index (χ3n) is 4.71. The molecule has 2 heterocycles. The van der Waals surface area contributed by atoms with E-state index in [1.54, 1.807) is 0 Å². The molecule has 0 saturated carbocycles. The topological polar surface area (TPSA) is 77.5 Å². The van der Waals surface area contributed by atoms with Gasteiger partial charge in [0, 0.05) is 50.9 Å². The number of amides is 2. The zero-order valence-corrected chi connectivity index (χ0v) is 14.6. The summed E-state index contributed by atoms with van der Waals surface area (Å²) < 4.78 is 0. The van der Waals surface area contributed by atoms with Crippen molar-refractivity contribution in [3.8, 4) is 0 Å². The number of aliphatic hydroxyl groups excluding tert-OH is 1. The van der Waals surface area contributed by atoms with E-state index < -0.39 is 0 Å². The molecular weight excluding hydrogens is 304 g/mol. The second kappa shape index (κ2) is 10.1. The lowest BCUT2D eigenvalue weighted by Gasteiger charge is -2.33. The molecule has 2 amide bonds. The van der Waals surface area contributed by atoms with Gasteiger partial charge in [-0.3, -0.25) is 4.98 Å². The smallest absolute Gasteiger partial charge is 0.314 e. The number of aromatic nitrogens is 1. The van der Waals surface area contributed by atoms with Gasteiger partial charge in [-0.15, -0.1) is 0 Å². The Morgan fingerprint density at radius 3 is 2.71 bits per heavy atom. The van der Waals surface area contributed by atoms with E-state index in [1.807, 2.05) is 19.3 Å². The predicted molar refractivity (Wildman–Crippen MR) is 96.1 cm³/mol. The molecule has 1 unspecified atom stereocenters. The number of carbonyl (C=O) groups excluding carboxylic acids is 1. The molecule has 2 rings (SSSR count). The third kappa shape index (κ3) is 6.35. The normalized spacial score (nSPS) is 16.7. The van der Waals surface area contributed by atoms with E-state index in [4.69, 9.17) is 5.11 Å². The summed E-state index contributed by atoms with van der Waals surface area (Å²) in [5.74, 6) is 0.981. The molecule has 0 aromatic carbocycles. The molecule has 1 aromatic heterocycles. The van der Waals surface area contributed by atoms with Crippen LogP contribution in [-0.2, 0) is 0 Å². The van der Waals surface area contributed by atoms with Crippen molar-refractivity contribution in [2.75, 3.05) is 37.7 Å². The van der Waals surface area contributed by atoms with Gasteiger partial charge in [-0.25, -0.2) is 4.79 Å². The molecule has 3 N–H and O–H groups in total. The van der Waals surface area contributed by atoms with Crippen molar-refractivity contribution in [3.05, 3.63) is 24.5 Å². The first-order valence-electron chi connectivity index (χ1n) is 8.96. The molecule has 6 heteroatoms. The van der Waals surface area contributed by atoms with Crippen LogP contribution in [0.25, 0.3) is 0 Å². The molecule has 0 bridgehead atoms. The summed E-state index contributed by atoms with van der Waals surface area (Å²) in [5.41, 5.74) is 1.25. The number of hydrogen-bond donors (Lipinski definition) is 3. The van der Waals surface area contributed by atoms with E-state index in [0.29, 0.717) is 18.4 Å². The minimum absolute atomic E-state index is 0.103.